The summed E-state index contributed by atoms with van der Waals surface area (Å²) in [4.78, 5) is 0.486. The second-order valence-electron chi connectivity index (χ2n) is 5.59. The number of benzene rings is 1. The van der Waals surface area contributed by atoms with Crippen molar-refractivity contribution in [3.05, 3.63) is 29.8 Å². The zero-order valence-electron chi connectivity index (χ0n) is 10.6. The van der Waals surface area contributed by atoms with Gasteiger partial charge in [0.1, 0.15) is 0 Å². The highest BCUT2D eigenvalue weighted by Crippen LogP contribution is 2.33. The molecule has 2 heterocycles. The molecule has 98 valence electrons. The van der Waals surface area contributed by atoms with Crippen LogP contribution in [0.4, 0.5) is 0 Å². The SMILES string of the molecule is Cc1ccc(S(=O)(=O)C2CC3CCC(C2)N3)cc1. The lowest BCUT2D eigenvalue weighted by molar-refractivity contribution is 0.401. The third-order valence-corrected chi connectivity index (χ3v) is 6.41. The van der Waals surface area contributed by atoms with Gasteiger partial charge in [0.25, 0.3) is 0 Å². The van der Waals surface area contributed by atoms with Gasteiger partial charge < -0.3 is 5.32 Å². The maximum Gasteiger partial charge on any atom is 0.181 e. The second kappa shape index (κ2) is 4.35. The van der Waals surface area contributed by atoms with Crippen molar-refractivity contribution < 1.29 is 8.42 Å². The van der Waals surface area contributed by atoms with E-state index in [1.807, 2.05) is 19.1 Å². The highest BCUT2D eigenvalue weighted by molar-refractivity contribution is 7.92. The van der Waals surface area contributed by atoms with Gasteiger partial charge in [0.2, 0.25) is 0 Å². The molecule has 2 aliphatic rings. The molecule has 3 nitrogen and oxygen atoms in total. The largest absolute Gasteiger partial charge is 0.311 e. The van der Waals surface area contributed by atoms with Crippen LogP contribution in [-0.4, -0.2) is 25.8 Å². The fraction of sp³-hybridized carbons (Fsp3) is 0.571. The van der Waals surface area contributed by atoms with Crippen molar-refractivity contribution in [2.45, 2.75) is 54.8 Å². The number of sulfone groups is 1. The van der Waals surface area contributed by atoms with E-state index in [9.17, 15) is 8.42 Å². The summed E-state index contributed by atoms with van der Waals surface area (Å²) in [5.41, 5.74) is 1.10. The first-order chi connectivity index (χ1) is 8.55. The van der Waals surface area contributed by atoms with Crippen LogP contribution in [0, 0.1) is 6.92 Å². The van der Waals surface area contributed by atoms with E-state index in [1.165, 1.54) is 0 Å². The monoisotopic (exact) mass is 265 g/mol. The lowest BCUT2D eigenvalue weighted by Crippen LogP contribution is -2.43. The number of fused-ring (bicyclic) bond motifs is 2. The Labute approximate surface area is 109 Å². The van der Waals surface area contributed by atoms with Crippen LogP contribution in [0.2, 0.25) is 0 Å². The van der Waals surface area contributed by atoms with Gasteiger partial charge in [0.15, 0.2) is 9.84 Å². The summed E-state index contributed by atoms with van der Waals surface area (Å²) in [6.07, 6.45) is 3.80. The van der Waals surface area contributed by atoms with Crippen molar-refractivity contribution in [2.75, 3.05) is 0 Å². The molecule has 2 bridgehead atoms. The standard InChI is InChI=1S/C14H19NO2S/c1-10-2-6-13(7-3-10)18(16,17)14-8-11-4-5-12(9-14)15-11/h2-3,6-7,11-12,14-15H,4-5,8-9H2,1H3. The summed E-state index contributed by atoms with van der Waals surface area (Å²) < 4.78 is 25.2. The summed E-state index contributed by atoms with van der Waals surface area (Å²) in [7, 11) is -3.14. The molecule has 0 aromatic heterocycles. The van der Waals surface area contributed by atoms with Gasteiger partial charge in [-0.2, -0.15) is 0 Å². The summed E-state index contributed by atoms with van der Waals surface area (Å²) in [5, 5.41) is 3.29. The van der Waals surface area contributed by atoms with Gasteiger partial charge in [-0.05, 0) is 44.7 Å². The van der Waals surface area contributed by atoms with Gasteiger partial charge in [-0.1, -0.05) is 17.7 Å². The van der Waals surface area contributed by atoms with Crippen LogP contribution < -0.4 is 5.32 Å². The van der Waals surface area contributed by atoms with E-state index in [-0.39, 0.29) is 5.25 Å². The Hall–Kier alpha value is -0.870. The normalized spacial score (nSPS) is 31.5. The second-order valence-corrected chi connectivity index (χ2v) is 7.82. The van der Waals surface area contributed by atoms with Gasteiger partial charge in [-0.25, -0.2) is 8.42 Å². The highest BCUT2D eigenvalue weighted by atomic mass is 32.2. The number of rotatable bonds is 2. The molecule has 1 aromatic carbocycles. The van der Waals surface area contributed by atoms with Crippen molar-refractivity contribution >= 4 is 9.84 Å². The Kier molecular flexibility index (Phi) is 2.94. The zero-order valence-corrected chi connectivity index (χ0v) is 11.4. The van der Waals surface area contributed by atoms with Gasteiger partial charge in [-0.3, -0.25) is 0 Å². The highest BCUT2D eigenvalue weighted by Gasteiger charge is 2.39. The first-order valence-corrected chi connectivity index (χ1v) is 8.17. The van der Waals surface area contributed by atoms with Crippen LogP contribution in [0.5, 0.6) is 0 Å². The lowest BCUT2D eigenvalue weighted by atomic mass is 10.1. The molecule has 0 aliphatic carbocycles. The smallest absolute Gasteiger partial charge is 0.181 e. The molecular formula is C14H19NO2S. The molecule has 0 radical (unpaired) electrons. The van der Waals surface area contributed by atoms with Crippen LogP contribution >= 0.6 is 0 Å². The third-order valence-electron chi connectivity index (χ3n) is 4.22. The summed E-state index contributed by atoms with van der Waals surface area (Å²) in [5.74, 6) is 0. The topological polar surface area (TPSA) is 46.2 Å². The zero-order chi connectivity index (χ0) is 12.8. The predicted octanol–water partition coefficient (Wildman–Crippen LogP) is 2.05. The molecule has 1 N–H and O–H groups in total. The van der Waals surface area contributed by atoms with E-state index < -0.39 is 9.84 Å². The van der Waals surface area contributed by atoms with Gasteiger partial charge in [0, 0.05) is 12.1 Å². The Balaban J connectivity index is 1.88. The minimum absolute atomic E-state index is 0.195. The molecule has 1 aromatic rings. The molecule has 3 rings (SSSR count). The molecule has 0 amide bonds. The molecule has 18 heavy (non-hydrogen) atoms. The Morgan fingerprint density at radius 1 is 1.06 bits per heavy atom. The van der Waals surface area contributed by atoms with Crippen molar-refractivity contribution in [2.24, 2.45) is 0 Å². The Bertz CT molecular complexity index is 523. The number of nitrogens with one attached hydrogen (secondary N) is 1. The van der Waals surface area contributed by atoms with Crippen LogP contribution in [0.1, 0.15) is 31.2 Å². The summed E-state index contributed by atoms with van der Waals surface area (Å²) in [6, 6.07) is 8.07. The maximum atomic E-state index is 12.6. The summed E-state index contributed by atoms with van der Waals surface area (Å²) >= 11 is 0. The van der Waals surface area contributed by atoms with Gasteiger partial charge >= 0.3 is 0 Å². The molecule has 2 aliphatic heterocycles. The number of aryl methyl sites for hydroxylation is 1. The average molecular weight is 265 g/mol. The minimum atomic E-state index is -3.14. The average Bonchev–Trinajstić information content (AvgIpc) is 2.68. The molecule has 0 saturated carbocycles. The van der Waals surface area contributed by atoms with Crippen LogP contribution in [0.3, 0.4) is 0 Å². The summed E-state index contributed by atoms with van der Waals surface area (Å²) in [6.45, 7) is 1.97. The number of hydrogen-bond acceptors (Lipinski definition) is 3. The first-order valence-electron chi connectivity index (χ1n) is 6.62. The van der Waals surface area contributed by atoms with Crippen LogP contribution in [-0.2, 0) is 9.84 Å². The Morgan fingerprint density at radius 2 is 1.61 bits per heavy atom. The predicted molar refractivity (Wildman–Crippen MR) is 71.3 cm³/mol. The molecular weight excluding hydrogens is 246 g/mol. The first kappa shape index (κ1) is 12.2. The van der Waals surface area contributed by atoms with Crippen molar-refractivity contribution in [3.63, 3.8) is 0 Å². The lowest BCUT2D eigenvalue weighted by Gasteiger charge is -2.28. The van der Waals surface area contributed by atoms with Crippen LogP contribution in [0.15, 0.2) is 29.2 Å². The fourth-order valence-electron chi connectivity index (χ4n) is 3.18. The molecule has 2 atom stereocenters. The van der Waals surface area contributed by atoms with Crippen LogP contribution in [0.25, 0.3) is 0 Å². The third kappa shape index (κ3) is 2.08. The number of hydrogen-bond donors (Lipinski definition) is 1. The molecule has 2 fully saturated rings. The van der Waals surface area contributed by atoms with Crippen molar-refractivity contribution in [1.29, 1.82) is 0 Å². The van der Waals surface area contributed by atoms with Crippen molar-refractivity contribution in [1.82, 2.24) is 5.32 Å². The van der Waals surface area contributed by atoms with Gasteiger partial charge in [-0.15, -0.1) is 0 Å². The fourth-order valence-corrected chi connectivity index (χ4v) is 5.05. The van der Waals surface area contributed by atoms with E-state index >= 15 is 0 Å². The van der Waals surface area contributed by atoms with E-state index in [0.717, 1.165) is 31.2 Å². The molecule has 4 heteroatoms. The molecule has 2 saturated heterocycles. The van der Waals surface area contributed by atoms with E-state index in [2.05, 4.69) is 5.32 Å². The van der Waals surface area contributed by atoms with Crippen molar-refractivity contribution in [3.8, 4) is 0 Å². The minimum Gasteiger partial charge on any atom is -0.311 e. The van der Waals surface area contributed by atoms with E-state index in [1.54, 1.807) is 12.1 Å². The quantitative estimate of drug-likeness (QED) is 0.890. The van der Waals surface area contributed by atoms with E-state index in [4.69, 9.17) is 0 Å². The maximum absolute atomic E-state index is 12.6. The van der Waals surface area contributed by atoms with E-state index in [0.29, 0.717) is 17.0 Å². The number of piperidine rings is 1. The Morgan fingerprint density at radius 3 is 2.17 bits per heavy atom. The molecule has 2 unspecified atom stereocenters. The van der Waals surface area contributed by atoms with Gasteiger partial charge in [0.05, 0.1) is 10.1 Å². The molecule has 0 spiro atoms.